The molecule has 3 aromatic heterocycles. The Hall–Kier alpha value is -3.72. The zero-order valence-corrected chi connectivity index (χ0v) is 17.8. The quantitative estimate of drug-likeness (QED) is 0.500. The zero-order chi connectivity index (χ0) is 22.0. The highest BCUT2D eigenvalue weighted by atomic mass is 32.1. The van der Waals surface area contributed by atoms with Crippen molar-refractivity contribution in [3.8, 4) is 5.88 Å². The van der Waals surface area contributed by atoms with Crippen LogP contribution in [0, 0.1) is 6.92 Å². The van der Waals surface area contributed by atoms with Gasteiger partial charge >= 0.3 is 5.69 Å². The van der Waals surface area contributed by atoms with Crippen LogP contribution in [0.3, 0.4) is 0 Å². The molecular formula is C22H20N4O4S. The van der Waals surface area contributed by atoms with E-state index in [1.54, 1.807) is 25.3 Å². The molecule has 3 heterocycles. The number of methoxy groups -OCH3 is 1. The van der Waals surface area contributed by atoms with E-state index < -0.39 is 5.69 Å². The van der Waals surface area contributed by atoms with Crippen LogP contribution < -0.4 is 21.3 Å². The van der Waals surface area contributed by atoms with Crippen LogP contribution in [0.15, 0.2) is 64.4 Å². The van der Waals surface area contributed by atoms with E-state index in [-0.39, 0.29) is 24.6 Å². The Morgan fingerprint density at radius 3 is 2.68 bits per heavy atom. The lowest BCUT2D eigenvalue weighted by Crippen LogP contribution is -2.38. The lowest BCUT2D eigenvalue weighted by molar-refractivity contribution is 0.0954. The van der Waals surface area contributed by atoms with Crippen molar-refractivity contribution in [2.75, 3.05) is 7.11 Å². The van der Waals surface area contributed by atoms with E-state index in [4.69, 9.17) is 4.74 Å². The summed E-state index contributed by atoms with van der Waals surface area (Å²) in [5.41, 5.74) is 1.29. The molecule has 0 spiro atoms. The van der Waals surface area contributed by atoms with Crippen molar-refractivity contribution in [2.24, 2.45) is 0 Å². The number of thiazole rings is 1. The monoisotopic (exact) mass is 436 g/mol. The summed E-state index contributed by atoms with van der Waals surface area (Å²) in [5.74, 6) is 0.132. The van der Waals surface area contributed by atoms with Gasteiger partial charge in [0.05, 0.1) is 13.7 Å². The first kappa shape index (κ1) is 20.5. The second-order valence-electron chi connectivity index (χ2n) is 6.94. The molecule has 0 aliphatic carbocycles. The Morgan fingerprint density at radius 2 is 1.94 bits per heavy atom. The number of benzene rings is 1. The first-order valence-electron chi connectivity index (χ1n) is 9.54. The average molecular weight is 436 g/mol. The van der Waals surface area contributed by atoms with Crippen molar-refractivity contribution in [1.82, 2.24) is 19.3 Å². The van der Waals surface area contributed by atoms with Gasteiger partial charge in [-0.15, -0.1) is 11.3 Å². The second kappa shape index (κ2) is 8.57. The number of aromatic nitrogens is 3. The highest BCUT2D eigenvalue weighted by molar-refractivity contribution is 7.19. The molecule has 4 aromatic rings. The molecule has 0 fully saturated rings. The molecule has 158 valence electrons. The van der Waals surface area contributed by atoms with Gasteiger partial charge in [0, 0.05) is 30.6 Å². The number of amides is 1. The third-order valence-corrected chi connectivity index (χ3v) is 6.07. The molecule has 0 saturated heterocycles. The predicted octanol–water partition coefficient (Wildman–Crippen LogP) is 2.21. The Morgan fingerprint density at radius 1 is 1.16 bits per heavy atom. The number of nitrogens with zero attached hydrogens (tertiary/aromatic N) is 3. The molecule has 8 nitrogen and oxygen atoms in total. The van der Waals surface area contributed by atoms with Crippen LogP contribution >= 0.6 is 11.3 Å². The number of aryl methyl sites for hydroxylation is 1. The first-order valence-corrected chi connectivity index (χ1v) is 10.4. The summed E-state index contributed by atoms with van der Waals surface area (Å²) in [6.45, 7) is 2.12. The van der Waals surface area contributed by atoms with Crippen molar-refractivity contribution < 1.29 is 9.53 Å². The lowest BCUT2D eigenvalue weighted by Gasteiger charge is -2.07. The summed E-state index contributed by atoms with van der Waals surface area (Å²) in [7, 11) is 1.52. The molecular weight excluding hydrogens is 416 g/mol. The largest absolute Gasteiger partial charge is 0.481 e. The maximum absolute atomic E-state index is 13.0. The van der Waals surface area contributed by atoms with E-state index >= 15 is 0 Å². The maximum atomic E-state index is 13.0. The normalized spacial score (nSPS) is 10.9. The van der Waals surface area contributed by atoms with Crippen LogP contribution in [0.4, 0.5) is 0 Å². The van der Waals surface area contributed by atoms with Gasteiger partial charge in [-0.2, -0.15) is 0 Å². The molecule has 4 rings (SSSR count). The summed E-state index contributed by atoms with van der Waals surface area (Å²) in [6.07, 6.45) is 3.09. The number of carbonyl (C=O) groups is 1. The SMILES string of the molecule is COc1cc(CNC(=O)c2cn3c(=O)n(Cc4ccccc4)c(=O)c(C)c3s2)ccn1. The maximum Gasteiger partial charge on any atom is 0.336 e. The van der Waals surface area contributed by atoms with Crippen LogP contribution in [-0.4, -0.2) is 27.0 Å². The van der Waals surface area contributed by atoms with Gasteiger partial charge in [-0.05, 0) is 24.1 Å². The number of hydrogen-bond donors (Lipinski definition) is 1. The number of pyridine rings is 1. The lowest BCUT2D eigenvalue weighted by atomic mass is 10.2. The summed E-state index contributed by atoms with van der Waals surface area (Å²) in [6, 6.07) is 12.8. The van der Waals surface area contributed by atoms with Crippen molar-refractivity contribution in [3.63, 3.8) is 0 Å². The highest BCUT2D eigenvalue weighted by Crippen LogP contribution is 2.18. The second-order valence-corrected chi connectivity index (χ2v) is 7.97. The summed E-state index contributed by atoms with van der Waals surface area (Å²) >= 11 is 1.12. The van der Waals surface area contributed by atoms with Gasteiger partial charge in [0.1, 0.15) is 9.71 Å². The summed E-state index contributed by atoms with van der Waals surface area (Å²) in [5, 5.41) is 2.82. The molecule has 0 aliphatic heterocycles. The van der Waals surface area contributed by atoms with Crippen molar-refractivity contribution in [3.05, 3.63) is 97.3 Å². The van der Waals surface area contributed by atoms with Gasteiger partial charge in [-0.25, -0.2) is 9.78 Å². The minimum atomic E-state index is -0.469. The van der Waals surface area contributed by atoms with E-state index in [9.17, 15) is 14.4 Å². The van der Waals surface area contributed by atoms with E-state index in [0.717, 1.165) is 22.5 Å². The topological polar surface area (TPSA) is 94.7 Å². The average Bonchev–Trinajstić information content (AvgIpc) is 3.26. The molecule has 31 heavy (non-hydrogen) atoms. The van der Waals surface area contributed by atoms with Gasteiger partial charge < -0.3 is 10.1 Å². The van der Waals surface area contributed by atoms with Gasteiger partial charge in [0.2, 0.25) is 5.88 Å². The van der Waals surface area contributed by atoms with Crippen LogP contribution in [0.5, 0.6) is 5.88 Å². The Balaban J connectivity index is 1.63. The molecule has 9 heteroatoms. The van der Waals surface area contributed by atoms with Gasteiger partial charge in [0.15, 0.2) is 0 Å². The fraction of sp³-hybridized carbons (Fsp3) is 0.182. The molecule has 0 saturated carbocycles. The molecule has 0 aliphatic rings. The molecule has 0 bridgehead atoms. The van der Waals surface area contributed by atoms with Crippen molar-refractivity contribution in [2.45, 2.75) is 20.0 Å². The fourth-order valence-corrected chi connectivity index (χ4v) is 4.22. The predicted molar refractivity (Wildman–Crippen MR) is 118 cm³/mol. The zero-order valence-electron chi connectivity index (χ0n) is 17.0. The number of fused-ring (bicyclic) bond motifs is 1. The molecule has 0 unspecified atom stereocenters. The van der Waals surface area contributed by atoms with E-state index in [0.29, 0.717) is 21.2 Å². The third-order valence-electron chi connectivity index (χ3n) is 4.86. The Bertz CT molecular complexity index is 1370. The van der Waals surface area contributed by atoms with Crippen LogP contribution in [0.25, 0.3) is 4.83 Å². The Kier molecular flexibility index (Phi) is 5.68. The minimum absolute atomic E-state index is 0.170. The Labute approximate surface area is 181 Å². The van der Waals surface area contributed by atoms with Gasteiger partial charge in [-0.1, -0.05) is 30.3 Å². The number of carbonyl (C=O) groups excluding carboxylic acids is 1. The van der Waals surface area contributed by atoms with E-state index in [1.165, 1.54) is 22.3 Å². The molecule has 1 N–H and O–H groups in total. The summed E-state index contributed by atoms with van der Waals surface area (Å²) in [4.78, 5) is 43.3. The molecule has 0 atom stereocenters. The minimum Gasteiger partial charge on any atom is -0.481 e. The number of hydrogen-bond acceptors (Lipinski definition) is 6. The fourth-order valence-electron chi connectivity index (χ4n) is 3.22. The third kappa shape index (κ3) is 4.13. The standard InChI is InChI=1S/C22H20N4O4S/c1-14-20(28)25(12-15-6-4-3-5-7-15)22(29)26-13-17(31-21(14)26)19(27)24-11-16-8-9-23-18(10-16)30-2/h3-10,13H,11-12H2,1-2H3,(H,24,27). The van der Waals surface area contributed by atoms with Crippen LogP contribution in [0.1, 0.15) is 26.4 Å². The number of ether oxygens (including phenoxy) is 1. The number of rotatable bonds is 6. The van der Waals surface area contributed by atoms with E-state index in [2.05, 4.69) is 10.3 Å². The number of nitrogens with one attached hydrogen (secondary N) is 1. The highest BCUT2D eigenvalue weighted by Gasteiger charge is 2.17. The first-order chi connectivity index (χ1) is 15.0. The van der Waals surface area contributed by atoms with Crippen LogP contribution in [-0.2, 0) is 13.1 Å². The van der Waals surface area contributed by atoms with Crippen molar-refractivity contribution >= 4 is 22.1 Å². The molecule has 0 radical (unpaired) electrons. The molecule has 1 aromatic carbocycles. The van der Waals surface area contributed by atoms with Crippen molar-refractivity contribution in [1.29, 1.82) is 0 Å². The van der Waals surface area contributed by atoms with E-state index in [1.807, 2.05) is 30.3 Å². The summed E-state index contributed by atoms with van der Waals surface area (Å²) < 4.78 is 7.65. The van der Waals surface area contributed by atoms with Crippen LogP contribution in [0.2, 0.25) is 0 Å². The van der Waals surface area contributed by atoms with Gasteiger partial charge in [0.25, 0.3) is 11.5 Å². The molecule has 1 amide bonds. The van der Waals surface area contributed by atoms with Gasteiger partial charge in [-0.3, -0.25) is 18.6 Å². The smallest absolute Gasteiger partial charge is 0.336 e.